The van der Waals surface area contributed by atoms with Gasteiger partial charge < -0.3 is 14.5 Å². The average molecular weight is 374 g/mol. The van der Waals surface area contributed by atoms with Crippen LogP contribution in [0.5, 0.6) is 5.75 Å². The van der Waals surface area contributed by atoms with Gasteiger partial charge in [0.05, 0.1) is 12.7 Å². The fourth-order valence-corrected chi connectivity index (χ4v) is 3.07. The van der Waals surface area contributed by atoms with E-state index in [-0.39, 0.29) is 18.0 Å². The molecule has 2 amide bonds. The van der Waals surface area contributed by atoms with Crippen molar-refractivity contribution < 1.29 is 23.1 Å². The Kier molecular flexibility index (Phi) is 5.69. The van der Waals surface area contributed by atoms with E-state index in [0.29, 0.717) is 37.4 Å². The van der Waals surface area contributed by atoms with Crippen LogP contribution in [0.4, 0.5) is 8.78 Å². The molecule has 0 N–H and O–H groups in total. The number of amides is 2. The maximum Gasteiger partial charge on any atom is 0.256 e. The van der Waals surface area contributed by atoms with Crippen LogP contribution in [0.15, 0.2) is 42.5 Å². The van der Waals surface area contributed by atoms with Crippen LogP contribution < -0.4 is 4.74 Å². The lowest BCUT2D eigenvalue weighted by atomic mass is 10.1. The van der Waals surface area contributed by atoms with Crippen LogP contribution in [0.1, 0.15) is 27.1 Å². The van der Waals surface area contributed by atoms with Crippen molar-refractivity contribution in [1.29, 1.82) is 0 Å². The van der Waals surface area contributed by atoms with Crippen molar-refractivity contribution >= 4 is 11.8 Å². The zero-order valence-corrected chi connectivity index (χ0v) is 15.0. The van der Waals surface area contributed by atoms with Crippen molar-refractivity contribution in [3.8, 4) is 5.75 Å². The van der Waals surface area contributed by atoms with E-state index in [1.807, 2.05) is 0 Å². The lowest BCUT2D eigenvalue weighted by molar-refractivity contribution is 0.0716. The number of carbonyl (C=O) groups is 2. The van der Waals surface area contributed by atoms with E-state index >= 15 is 0 Å². The first-order valence-electron chi connectivity index (χ1n) is 8.67. The molecule has 2 aromatic carbocycles. The first kappa shape index (κ1) is 18.8. The first-order chi connectivity index (χ1) is 13.0. The largest absolute Gasteiger partial charge is 0.497 e. The summed E-state index contributed by atoms with van der Waals surface area (Å²) >= 11 is 0. The van der Waals surface area contributed by atoms with E-state index in [4.69, 9.17) is 4.74 Å². The summed E-state index contributed by atoms with van der Waals surface area (Å²) < 4.78 is 32.3. The quantitative estimate of drug-likeness (QED) is 0.830. The smallest absolute Gasteiger partial charge is 0.256 e. The Hall–Kier alpha value is -2.96. The SMILES string of the molecule is COc1ccc(C(=O)N2CCCN(C(=O)c3cc(F)ccc3F)CC2)cc1. The van der Waals surface area contributed by atoms with Crippen LogP contribution in [0.3, 0.4) is 0 Å². The summed E-state index contributed by atoms with van der Waals surface area (Å²) in [6.45, 7) is 1.45. The standard InChI is InChI=1S/C20H20F2N2O3/c1-27-16-6-3-14(4-7-16)19(25)23-9-2-10-24(12-11-23)20(26)17-13-15(21)5-8-18(17)22/h3-8,13H,2,9-12H2,1H3. The number of halogens is 2. The van der Waals surface area contributed by atoms with Crippen molar-refractivity contribution in [3.63, 3.8) is 0 Å². The second kappa shape index (κ2) is 8.16. The Morgan fingerprint density at radius 1 is 0.889 bits per heavy atom. The van der Waals surface area contributed by atoms with Crippen molar-refractivity contribution in [2.45, 2.75) is 6.42 Å². The normalized spacial score (nSPS) is 14.6. The van der Waals surface area contributed by atoms with Gasteiger partial charge in [-0.3, -0.25) is 9.59 Å². The number of hydrogen-bond acceptors (Lipinski definition) is 3. The summed E-state index contributed by atoms with van der Waals surface area (Å²) in [5.74, 6) is -1.45. The molecule has 0 bridgehead atoms. The Morgan fingerprint density at radius 2 is 1.52 bits per heavy atom. The predicted octanol–water partition coefficient (Wildman–Crippen LogP) is 2.96. The molecule has 0 radical (unpaired) electrons. The lowest BCUT2D eigenvalue weighted by Crippen LogP contribution is -2.37. The van der Waals surface area contributed by atoms with Crippen molar-refractivity contribution in [3.05, 3.63) is 65.2 Å². The van der Waals surface area contributed by atoms with Crippen LogP contribution in [0.2, 0.25) is 0 Å². The molecular formula is C20H20F2N2O3. The topological polar surface area (TPSA) is 49.9 Å². The van der Waals surface area contributed by atoms with Crippen LogP contribution in [0.25, 0.3) is 0 Å². The number of nitrogens with zero attached hydrogens (tertiary/aromatic N) is 2. The molecule has 142 valence electrons. The number of hydrogen-bond donors (Lipinski definition) is 0. The van der Waals surface area contributed by atoms with Crippen LogP contribution in [0, 0.1) is 11.6 Å². The molecule has 0 saturated carbocycles. The van der Waals surface area contributed by atoms with Gasteiger partial charge in [-0.05, 0) is 48.9 Å². The van der Waals surface area contributed by atoms with Gasteiger partial charge in [0.1, 0.15) is 17.4 Å². The molecule has 1 heterocycles. The average Bonchev–Trinajstić information content (AvgIpc) is 2.95. The Labute approximate surface area is 156 Å². The summed E-state index contributed by atoms with van der Waals surface area (Å²) in [7, 11) is 1.55. The highest BCUT2D eigenvalue weighted by Crippen LogP contribution is 2.17. The monoisotopic (exact) mass is 374 g/mol. The fourth-order valence-electron chi connectivity index (χ4n) is 3.07. The molecule has 1 saturated heterocycles. The third-order valence-electron chi connectivity index (χ3n) is 4.57. The molecule has 7 heteroatoms. The van der Waals surface area contributed by atoms with E-state index in [1.165, 1.54) is 4.90 Å². The molecule has 0 spiro atoms. The van der Waals surface area contributed by atoms with Crippen molar-refractivity contribution in [2.24, 2.45) is 0 Å². The zero-order chi connectivity index (χ0) is 19.4. The van der Waals surface area contributed by atoms with Gasteiger partial charge in [0, 0.05) is 31.7 Å². The van der Waals surface area contributed by atoms with Crippen LogP contribution in [-0.4, -0.2) is 54.9 Å². The minimum absolute atomic E-state index is 0.135. The highest BCUT2D eigenvalue weighted by Gasteiger charge is 2.25. The van der Waals surface area contributed by atoms with Gasteiger partial charge in [0.2, 0.25) is 0 Å². The lowest BCUT2D eigenvalue weighted by Gasteiger charge is -2.22. The molecule has 27 heavy (non-hydrogen) atoms. The minimum Gasteiger partial charge on any atom is -0.497 e. The molecule has 0 unspecified atom stereocenters. The molecule has 5 nitrogen and oxygen atoms in total. The van der Waals surface area contributed by atoms with E-state index in [2.05, 4.69) is 0 Å². The van der Waals surface area contributed by atoms with Crippen molar-refractivity contribution in [2.75, 3.05) is 33.3 Å². The highest BCUT2D eigenvalue weighted by molar-refractivity contribution is 5.95. The van der Waals surface area contributed by atoms with Gasteiger partial charge in [-0.15, -0.1) is 0 Å². The van der Waals surface area contributed by atoms with E-state index in [9.17, 15) is 18.4 Å². The number of carbonyl (C=O) groups excluding carboxylic acids is 2. The Balaban J connectivity index is 1.68. The summed E-state index contributed by atoms with van der Waals surface area (Å²) in [4.78, 5) is 28.3. The molecule has 0 atom stereocenters. The van der Waals surface area contributed by atoms with E-state index < -0.39 is 17.5 Å². The summed E-state index contributed by atoms with van der Waals surface area (Å²) in [6.07, 6.45) is 0.560. The van der Waals surface area contributed by atoms with E-state index in [0.717, 1.165) is 18.2 Å². The predicted molar refractivity (Wildman–Crippen MR) is 95.8 cm³/mol. The van der Waals surface area contributed by atoms with Crippen LogP contribution in [-0.2, 0) is 0 Å². The molecule has 1 fully saturated rings. The molecule has 0 aliphatic carbocycles. The second-order valence-electron chi connectivity index (χ2n) is 6.29. The van der Waals surface area contributed by atoms with Gasteiger partial charge >= 0.3 is 0 Å². The van der Waals surface area contributed by atoms with Crippen molar-refractivity contribution in [1.82, 2.24) is 9.80 Å². The highest BCUT2D eigenvalue weighted by atomic mass is 19.1. The second-order valence-corrected chi connectivity index (χ2v) is 6.29. The molecule has 3 rings (SSSR count). The molecule has 1 aliphatic heterocycles. The number of rotatable bonds is 3. The molecule has 1 aliphatic rings. The van der Waals surface area contributed by atoms with Gasteiger partial charge in [-0.1, -0.05) is 0 Å². The number of benzene rings is 2. The first-order valence-corrected chi connectivity index (χ1v) is 8.67. The molecule has 0 aromatic heterocycles. The van der Waals surface area contributed by atoms with Gasteiger partial charge in [-0.25, -0.2) is 8.78 Å². The maximum atomic E-state index is 13.9. The third kappa shape index (κ3) is 4.24. The molecular weight excluding hydrogens is 354 g/mol. The fraction of sp³-hybridized carbons (Fsp3) is 0.300. The van der Waals surface area contributed by atoms with Crippen LogP contribution >= 0.6 is 0 Å². The Bertz CT molecular complexity index is 840. The number of ether oxygens (including phenoxy) is 1. The zero-order valence-electron chi connectivity index (χ0n) is 15.0. The van der Waals surface area contributed by atoms with Gasteiger partial charge in [-0.2, -0.15) is 0 Å². The van der Waals surface area contributed by atoms with Gasteiger partial charge in [0.15, 0.2) is 0 Å². The third-order valence-corrected chi connectivity index (χ3v) is 4.57. The van der Waals surface area contributed by atoms with Gasteiger partial charge in [0.25, 0.3) is 11.8 Å². The summed E-state index contributed by atoms with van der Waals surface area (Å²) in [6, 6.07) is 9.64. The maximum absolute atomic E-state index is 13.9. The summed E-state index contributed by atoms with van der Waals surface area (Å²) in [5.41, 5.74) is 0.247. The Morgan fingerprint density at radius 3 is 2.15 bits per heavy atom. The van der Waals surface area contributed by atoms with E-state index in [1.54, 1.807) is 36.3 Å². The molecule has 2 aromatic rings. The summed E-state index contributed by atoms with van der Waals surface area (Å²) in [5, 5.41) is 0. The minimum atomic E-state index is -0.753. The number of methoxy groups -OCH3 is 1.